The average Bonchev–Trinajstić information content (AvgIpc) is 2.78. The molecule has 1 saturated heterocycles. The van der Waals surface area contributed by atoms with Crippen LogP contribution in [0.25, 0.3) is 0 Å². The lowest BCUT2D eigenvalue weighted by atomic mass is 10.1. The van der Waals surface area contributed by atoms with E-state index in [1.165, 1.54) is 19.2 Å². The maximum atomic E-state index is 12.8. The first-order valence-corrected chi connectivity index (χ1v) is 9.70. The van der Waals surface area contributed by atoms with E-state index in [0.29, 0.717) is 18.8 Å². The van der Waals surface area contributed by atoms with E-state index in [-0.39, 0.29) is 17.3 Å². The van der Waals surface area contributed by atoms with Crippen molar-refractivity contribution in [3.8, 4) is 11.5 Å². The molecule has 1 amide bonds. The second kappa shape index (κ2) is 9.45. The molecule has 0 aromatic heterocycles. The van der Waals surface area contributed by atoms with Gasteiger partial charge in [-0.15, -0.1) is 0 Å². The number of piperazine rings is 1. The van der Waals surface area contributed by atoms with E-state index in [1.807, 2.05) is 31.2 Å². The number of methoxy groups -OCH3 is 2. The van der Waals surface area contributed by atoms with Gasteiger partial charge in [0.05, 0.1) is 36.9 Å². The SMILES string of the molecule is COc1ccc(NC(=O)[C@@H](C)N2CCN(c3ccccc3OC)CC2)c([N+](=O)[O-])c1. The largest absolute Gasteiger partial charge is 0.496 e. The number of rotatable bonds is 7. The number of anilines is 2. The number of para-hydroxylation sites is 2. The summed E-state index contributed by atoms with van der Waals surface area (Å²) in [5.41, 5.74) is 0.992. The molecule has 1 heterocycles. The van der Waals surface area contributed by atoms with E-state index < -0.39 is 11.0 Å². The molecule has 1 atom stereocenters. The first kappa shape index (κ1) is 21.4. The minimum Gasteiger partial charge on any atom is -0.496 e. The fourth-order valence-corrected chi connectivity index (χ4v) is 3.54. The van der Waals surface area contributed by atoms with Crippen molar-refractivity contribution >= 4 is 23.0 Å². The number of hydrogen-bond acceptors (Lipinski definition) is 7. The molecule has 0 spiro atoms. The van der Waals surface area contributed by atoms with E-state index in [9.17, 15) is 14.9 Å². The zero-order chi connectivity index (χ0) is 21.7. The second-order valence-electron chi connectivity index (χ2n) is 7.00. The predicted octanol–water partition coefficient (Wildman–Crippen LogP) is 2.76. The third kappa shape index (κ3) is 4.62. The molecule has 0 aliphatic carbocycles. The maximum absolute atomic E-state index is 12.8. The van der Waals surface area contributed by atoms with Crippen molar-refractivity contribution in [1.82, 2.24) is 4.90 Å². The summed E-state index contributed by atoms with van der Waals surface area (Å²) in [6, 6.07) is 11.8. The highest BCUT2D eigenvalue weighted by molar-refractivity contribution is 5.96. The summed E-state index contributed by atoms with van der Waals surface area (Å²) in [4.78, 5) is 27.9. The Morgan fingerprint density at radius 1 is 1.10 bits per heavy atom. The number of nitro benzene ring substituents is 1. The molecule has 1 aliphatic rings. The molecule has 2 aromatic carbocycles. The van der Waals surface area contributed by atoms with Crippen LogP contribution in [0.4, 0.5) is 17.1 Å². The van der Waals surface area contributed by atoms with E-state index >= 15 is 0 Å². The highest BCUT2D eigenvalue weighted by atomic mass is 16.6. The first-order chi connectivity index (χ1) is 14.4. The molecule has 1 fully saturated rings. The molecule has 2 aromatic rings. The normalized spacial score (nSPS) is 15.4. The Balaban J connectivity index is 1.63. The lowest BCUT2D eigenvalue weighted by molar-refractivity contribution is -0.384. The van der Waals surface area contributed by atoms with Gasteiger partial charge in [-0.2, -0.15) is 0 Å². The number of nitrogens with one attached hydrogen (secondary N) is 1. The van der Waals surface area contributed by atoms with E-state index in [1.54, 1.807) is 13.2 Å². The lowest BCUT2D eigenvalue weighted by Gasteiger charge is -2.38. The lowest BCUT2D eigenvalue weighted by Crippen LogP contribution is -2.52. The van der Waals surface area contributed by atoms with Crippen molar-refractivity contribution in [1.29, 1.82) is 0 Å². The van der Waals surface area contributed by atoms with Gasteiger partial charge in [-0.05, 0) is 31.2 Å². The van der Waals surface area contributed by atoms with Crippen LogP contribution in [0.3, 0.4) is 0 Å². The molecule has 9 heteroatoms. The standard InChI is InChI=1S/C21H26N4O5/c1-15(21(26)22-17-9-8-16(29-2)14-19(17)25(27)28)23-10-12-24(13-11-23)18-6-4-5-7-20(18)30-3/h4-9,14-15H,10-13H2,1-3H3,(H,22,26)/t15-/m1/s1. The molecule has 9 nitrogen and oxygen atoms in total. The Labute approximate surface area is 175 Å². The van der Waals surface area contributed by atoms with Crippen LogP contribution in [0, 0.1) is 10.1 Å². The van der Waals surface area contributed by atoms with Crippen molar-refractivity contribution in [3.63, 3.8) is 0 Å². The van der Waals surface area contributed by atoms with Gasteiger partial charge in [0, 0.05) is 26.2 Å². The summed E-state index contributed by atoms with van der Waals surface area (Å²) in [6.07, 6.45) is 0. The monoisotopic (exact) mass is 414 g/mol. The Hall–Kier alpha value is -3.33. The van der Waals surface area contributed by atoms with Crippen LogP contribution in [0.15, 0.2) is 42.5 Å². The highest BCUT2D eigenvalue weighted by Crippen LogP contribution is 2.30. The van der Waals surface area contributed by atoms with E-state index in [2.05, 4.69) is 15.1 Å². The summed E-state index contributed by atoms with van der Waals surface area (Å²) < 4.78 is 10.5. The predicted molar refractivity (Wildman–Crippen MR) is 115 cm³/mol. The number of carbonyl (C=O) groups excluding carboxylic acids is 1. The van der Waals surface area contributed by atoms with Crippen molar-refractivity contribution in [2.24, 2.45) is 0 Å². The zero-order valence-corrected chi connectivity index (χ0v) is 17.3. The molecule has 160 valence electrons. The van der Waals surface area contributed by atoms with Crippen molar-refractivity contribution in [2.75, 3.05) is 50.6 Å². The van der Waals surface area contributed by atoms with Gasteiger partial charge < -0.3 is 19.7 Å². The van der Waals surface area contributed by atoms with E-state index in [0.717, 1.165) is 24.5 Å². The number of carbonyl (C=O) groups is 1. The smallest absolute Gasteiger partial charge is 0.296 e. The Kier molecular flexibility index (Phi) is 6.73. The molecule has 30 heavy (non-hydrogen) atoms. The second-order valence-corrected chi connectivity index (χ2v) is 7.00. The topological polar surface area (TPSA) is 97.2 Å². The maximum Gasteiger partial charge on any atom is 0.296 e. The number of nitrogens with zero attached hydrogens (tertiary/aromatic N) is 3. The van der Waals surface area contributed by atoms with Gasteiger partial charge in [-0.25, -0.2) is 0 Å². The van der Waals surface area contributed by atoms with Gasteiger partial charge >= 0.3 is 0 Å². The minimum atomic E-state index is -0.533. The van der Waals surface area contributed by atoms with Crippen LogP contribution in [-0.2, 0) is 4.79 Å². The molecule has 3 rings (SSSR count). The van der Waals surface area contributed by atoms with E-state index in [4.69, 9.17) is 9.47 Å². The van der Waals surface area contributed by atoms with Gasteiger partial charge in [0.15, 0.2) is 0 Å². The van der Waals surface area contributed by atoms with Crippen LogP contribution in [0.1, 0.15) is 6.92 Å². The highest BCUT2D eigenvalue weighted by Gasteiger charge is 2.28. The van der Waals surface area contributed by atoms with Gasteiger partial charge in [-0.3, -0.25) is 19.8 Å². The molecule has 0 bridgehead atoms. The summed E-state index contributed by atoms with van der Waals surface area (Å²) in [6.45, 7) is 4.69. The van der Waals surface area contributed by atoms with Crippen LogP contribution in [0.2, 0.25) is 0 Å². The van der Waals surface area contributed by atoms with Crippen molar-refractivity contribution in [3.05, 3.63) is 52.6 Å². The molecular formula is C21H26N4O5. The number of ether oxygens (including phenoxy) is 2. The zero-order valence-electron chi connectivity index (χ0n) is 17.3. The molecule has 0 radical (unpaired) electrons. The Morgan fingerprint density at radius 2 is 1.80 bits per heavy atom. The molecule has 1 aliphatic heterocycles. The fraction of sp³-hybridized carbons (Fsp3) is 0.381. The fourth-order valence-electron chi connectivity index (χ4n) is 3.54. The van der Waals surface area contributed by atoms with Crippen LogP contribution < -0.4 is 19.7 Å². The van der Waals surface area contributed by atoms with Gasteiger partial charge in [0.1, 0.15) is 17.2 Å². The summed E-state index contributed by atoms with van der Waals surface area (Å²) in [5, 5.41) is 14.0. The number of benzene rings is 2. The Bertz CT molecular complexity index is 912. The van der Waals surface area contributed by atoms with Crippen molar-refractivity contribution < 1.29 is 19.2 Å². The number of hydrogen-bond donors (Lipinski definition) is 1. The molecule has 1 N–H and O–H groups in total. The quantitative estimate of drug-likeness (QED) is 0.550. The van der Waals surface area contributed by atoms with Crippen molar-refractivity contribution in [2.45, 2.75) is 13.0 Å². The molecule has 0 unspecified atom stereocenters. The molecule has 0 saturated carbocycles. The van der Waals surface area contributed by atoms with Gasteiger partial charge in [-0.1, -0.05) is 12.1 Å². The summed E-state index contributed by atoms with van der Waals surface area (Å²) in [5.74, 6) is 0.901. The number of nitro groups is 1. The summed E-state index contributed by atoms with van der Waals surface area (Å²) >= 11 is 0. The first-order valence-electron chi connectivity index (χ1n) is 9.70. The summed E-state index contributed by atoms with van der Waals surface area (Å²) in [7, 11) is 3.09. The van der Waals surface area contributed by atoms with Gasteiger partial charge in [0.2, 0.25) is 5.91 Å². The third-order valence-corrected chi connectivity index (χ3v) is 5.33. The molecular weight excluding hydrogens is 388 g/mol. The minimum absolute atomic E-state index is 0.158. The van der Waals surface area contributed by atoms with Crippen LogP contribution >= 0.6 is 0 Å². The Morgan fingerprint density at radius 3 is 2.43 bits per heavy atom. The van der Waals surface area contributed by atoms with Crippen LogP contribution in [-0.4, -0.2) is 62.2 Å². The van der Waals surface area contributed by atoms with Crippen LogP contribution in [0.5, 0.6) is 11.5 Å². The third-order valence-electron chi connectivity index (χ3n) is 5.33. The van der Waals surface area contributed by atoms with Gasteiger partial charge in [0.25, 0.3) is 5.69 Å². The number of amides is 1. The average molecular weight is 414 g/mol.